The Kier molecular flexibility index (Phi) is 5.29. The van der Waals surface area contributed by atoms with E-state index in [1.54, 1.807) is 12.1 Å². The molecule has 0 N–H and O–H groups in total. The van der Waals surface area contributed by atoms with Crippen molar-refractivity contribution in [2.45, 2.75) is 26.6 Å². The Morgan fingerprint density at radius 3 is 2.27 bits per heavy atom. The normalized spacial score (nSPS) is 10.9. The molecule has 0 heterocycles. The highest BCUT2D eigenvalue weighted by Crippen LogP contribution is 2.11. The second-order valence-corrected chi connectivity index (χ2v) is 3.14. The lowest BCUT2D eigenvalue weighted by molar-refractivity contribution is -0.134. The van der Waals surface area contributed by atoms with Crippen LogP contribution in [0.2, 0.25) is 0 Å². The molecule has 3 heteroatoms. The molecule has 15 heavy (non-hydrogen) atoms. The van der Waals surface area contributed by atoms with Crippen LogP contribution in [0, 0.1) is 5.82 Å². The van der Waals surface area contributed by atoms with Crippen molar-refractivity contribution in [3.8, 4) is 0 Å². The summed E-state index contributed by atoms with van der Waals surface area (Å²) in [6.45, 7) is 4.93. The van der Waals surface area contributed by atoms with Crippen LogP contribution in [0.15, 0.2) is 24.3 Å². The molecule has 0 amide bonds. The lowest BCUT2D eigenvalue weighted by Gasteiger charge is -2.17. The average molecular weight is 212 g/mol. The molecule has 2 nitrogen and oxygen atoms in total. The molecule has 0 unspecified atom stereocenters. The van der Waals surface area contributed by atoms with Crippen LogP contribution in [-0.4, -0.2) is 19.5 Å². The SMILES string of the molecule is CCOC(Cc1ccccc1F)OCC. The Balaban J connectivity index is 2.60. The van der Waals surface area contributed by atoms with Gasteiger partial charge in [0.2, 0.25) is 0 Å². The molecule has 1 aromatic carbocycles. The fourth-order valence-corrected chi connectivity index (χ4v) is 1.38. The minimum Gasteiger partial charge on any atom is -0.353 e. The Bertz CT molecular complexity index is 283. The van der Waals surface area contributed by atoms with E-state index in [0.29, 0.717) is 25.2 Å². The van der Waals surface area contributed by atoms with Crippen molar-refractivity contribution in [2.24, 2.45) is 0 Å². The van der Waals surface area contributed by atoms with Crippen LogP contribution < -0.4 is 0 Å². The molecule has 0 saturated heterocycles. The first-order chi connectivity index (χ1) is 7.27. The fraction of sp³-hybridized carbons (Fsp3) is 0.500. The largest absolute Gasteiger partial charge is 0.353 e. The van der Waals surface area contributed by atoms with Crippen LogP contribution in [0.5, 0.6) is 0 Å². The zero-order valence-corrected chi connectivity index (χ0v) is 9.20. The molecule has 0 saturated carbocycles. The van der Waals surface area contributed by atoms with Crippen LogP contribution in [0.1, 0.15) is 19.4 Å². The van der Waals surface area contributed by atoms with Gasteiger partial charge < -0.3 is 9.47 Å². The van der Waals surface area contributed by atoms with Crippen LogP contribution in [0.3, 0.4) is 0 Å². The van der Waals surface area contributed by atoms with Crippen molar-refractivity contribution in [1.29, 1.82) is 0 Å². The zero-order valence-electron chi connectivity index (χ0n) is 9.20. The summed E-state index contributed by atoms with van der Waals surface area (Å²) in [5.41, 5.74) is 0.629. The molecule has 84 valence electrons. The summed E-state index contributed by atoms with van der Waals surface area (Å²) in [5, 5.41) is 0. The van der Waals surface area contributed by atoms with E-state index >= 15 is 0 Å². The van der Waals surface area contributed by atoms with E-state index in [-0.39, 0.29) is 12.1 Å². The van der Waals surface area contributed by atoms with E-state index in [1.165, 1.54) is 6.07 Å². The molecule has 0 aliphatic heterocycles. The molecule has 0 bridgehead atoms. The second kappa shape index (κ2) is 6.53. The van der Waals surface area contributed by atoms with Gasteiger partial charge in [0.1, 0.15) is 5.82 Å². The lowest BCUT2D eigenvalue weighted by atomic mass is 10.1. The third kappa shape index (κ3) is 3.98. The van der Waals surface area contributed by atoms with Crippen LogP contribution >= 0.6 is 0 Å². The van der Waals surface area contributed by atoms with Crippen molar-refractivity contribution in [2.75, 3.05) is 13.2 Å². The number of rotatable bonds is 6. The van der Waals surface area contributed by atoms with E-state index < -0.39 is 0 Å². The second-order valence-electron chi connectivity index (χ2n) is 3.14. The molecule has 0 aliphatic rings. The van der Waals surface area contributed by atoms with E-state index in [0.717, 1.165) is 0 Å². The molecule has 0 atom stereocenters. The molecular formula is C12H17FO2. The predicted molar refractivity (Wildman–Crippen MR) is 57.1 cm³/mol. The minimum atomic E-state index is -0.350. The summed E-state index contributed by atoms with van der Waals surface area (Å²) in [6.07, 6.45) is 0.103. The standard InChI is InChI=1S/C12H17FO2/c1-3-14-12(15-4-2)9-10-7-5-6-8-11(10)13/h5-8,12H,3-4,9H2,1-2H3. The molecule has 0 aromatic heterocycles. The third-order valence-corrected chi connectivity index (χ3v) is 2.05. The Morgan fingerprint density at radius 2 is 1.73 bits per heavy atom. The van der Waals surface area contributed by atoms with Gasteiger partial charge in [-0.25, -0.2) is 4.39 Å². The quantitative estimate of drug-likeness (QED) is 0.675. The number of benzene rings is 1. The number of hydrogen-bond donors (Lipinski definition) is 0. The molecule has 0 spiro atoms. The fourth-order valence-electron chi connectivity index (χ4n) is 1.38. The smallest absolute Gasteiger partial charge is 0.161 e. The maximum atomic E-state index is 13.3. The van der Waals surface area contributed by atoms with E-state index in [2.05, 4.69) is 0 Å². The van der Waals surface area contributed by atoms with Gasteiger partial charge in [-0.1, -0.05) is 18.2 Å². The first-order valence-electron chi connectivity index (χ1n) is 5.24. The maximum absolute atomic E-state index is 13.3. The Labute approximate surface area is 90.0 Å². The monoisotopic (exact) mass is 212 g/mol. The van der Waals surface area contributed by atoms with E-state index in [9.17, 15) is 4.39 Å². The van der Waals surface area contributed by atoms with Crippen molar-refractivity contribution >= 4 is 0 Å². The highest BCUT2D eigenvalue weighted by Gasteiger charge is 2.11. The number of halogens is 1. The molecule has 1 rings (SSSR count). The van der Waals surface area contributed by atoms with E-state index in [4.69, 9.17) is 9.47 Å². The van der Waals surface area contributed by atoms with Crippen LogP contribution in [0.25, 0.3) is 0 Å². The van der Waals surface area contributed by atoms with Gasteiger partial charge in [-0.3, -0.25) is 0 Å². The number of hydrogen-bond acceptors (Lipinski definition) is 2. The highest BCUT2D eigenvalue weighted by atomic mass is 19.1. The summed E-state index contributed by atoms with van der Waals surface area (Å²) in [6, 6.07) is 6.69. The molecular weight excluding hydrogens is 195 g/mol. The molecule has 0 fully saturated rings. The van der Waals surface area contributed by atoms with Gasteiger partial charge in [0.25, 0.3) is 0 Å². The van der Waals surface area contributed by atoms with Gasteiger partial charge in [0.15, 0.2) is 6.29 Å². The molecule has 1 aromatic rings. The van der Waals surface area contributed by atoms with Crippen molar-refractivity contribution in [3.05, 3.63) is 35.6 Å². The Hall–Kier alpha value is -0.930. The van der Waals surface area contributed by atoms with Crippen LogP contribution in [-0.2, 0) is 15.9 Å². The first-order valence-corrected chi connectivity index (χ1v) is 5.24. The zero-order chi connectivity index (χ0) is 11.1. The topological polar surface area (TPSA) is 18.5 Å². The summed E-state index contributed by atoms with van der Waals surface area (Å²) in [7, 11) is 0. The van der Waals surface area contributed by atoms with Crippen molar-refractivity contribution < 1.29 is 13.9 Å². The van der Waals surface area contributed by atoms with Gasteiger partial charge in [-0.05, 0) is 25.5 Å². The van der Waals surface area contributed by atoms with E-state index in [1.807, 2.05) is 19.9 Å². The minimum absolute atomic E-state index is 0.207. The maximum Gasteiger partial charge on any atom is 0.161 e. The van der Waals surface area contributed by atoms with Gasteiger partial charge in [-0.15, -0.1) is 0 Å². The van der Waals surface area contributed by atoms with Crippen molar-refractivity contribution in [3.63, 3.8) is 0 Å². The number of ether oxygens (including phenoxy) is 2. The van der Waals surface area contributed by atoms with Crippen molar-refractivity contribution in [1.82, 2.24) is 0 Å². The predicted octanol–water partition coefficient (Wildman–Crippen LogP) is 2.77. The van der Waals surface area contributed by atoms with Gasteiger partial charge in [-0.2, -0.15) is 0 Å². The Morgan fingerprint density at radius 1 is 1.13 bits per heavy atom. The summed E-state index contributed by atoms with van der Waals surface area (Å²) >= 11 is 0. The first kappa shape index (κ1) is 12.1. The lowest BCUT2D eigenvalue weighted by Crippen LogP contribution is -2.20. The average Bonchev–Trinajstić information content (AvgIpc) is 2.22. The molecule has 0 aliphatic carbocycles. The highest BCUT2D eigenvalue weighted by molar-refractivity contribution is 5.17. The molecule has 0 radical (unpaired) electrons. The van der Waals surface area contributed by atoms with Gasteiger partial charge >= 0.3 is 0 Å². The van der Waals surface area contributed by atoms with Gasteiger partial charge in [0, 0.05) is 19.6 Å². The third-order valence-electron chi connectivity index (χ3n) is 2.05. The summed E-state index contributed by atoms with van der Waals surface area (Å²) < 4.78 is 24.0. The van der Waals surface area contributed by atoms with Gasteiger partial charge in [0.05, 0.1) is 0 Å². The van der Waals surface area contributed by atoms with Crippen LogP contribution in [0.4, 0.5) is 4.39 Å². The summed E-state index contributed by atoms with van der Waals surface area (Å²) in [4.78, 5) is 0. The summed E-state index contributed by atoms with van der Waals surface area (Å²) in [5.74, 6) is -0.207.